The Hall–Kier alpha value is -3.01. The molecule has 1 atom stereocenters. The van der Waals surface area contributed by atoms with Crippen LogP contribution in [0.15, 0.2) is 70.1 Å². The quantitative estimate of drug-likeness (QED) is 0.157. The molecule has 0 fully saturated rings. The van der Waals surface area contributed by atoms with Gasteiger partial charge in [-0.25, -0.2) is 0 Å². The van der Waals surface area contributed by atoms with Crippen LogP contribution in [0.25, 0.3) is 0 Å². The molecule has 186 valence electrons. The Bertz CT molecular complexity index is 1350. The van der Waals surface area contributed by atoms with Crippen molar-refractivity contribution in [3.63, 3.8) is 0 Å². The highest BCUT2D eigenvalue weighted by molar-refractivity contribution is 9.10. The second-order valence-corrected chi connectivity index (χ2v) is 9.06. The Morgan fingerprint density at radius 1 is 1.11 bits per heavy atom. The van der Waals surface area contributed by atoms with E-state index in [1.165, 1.54) is 18.2 Å². The average molecular weight is 599 g/mol. The lowest BCUT2D eigenvalue weighted by Crippen LogP contribution is -2.21. The van der Waals surface area contributed by atoms with Crippen LogP contribution in [0.4, 0.5) is 24.5 Å². The van der Waals surface area contributed by atoms with Gasteiger partial charge < -0.3 is 10.7 Å². The Kier molecular flexibility index (Phi) is 9.05. The molecule has 3 aromatic carbocycles. The van der Waals surface area contributed by atoms with E-state index in [1.807, 2.05) is 0 Å². The molecule has 1 unspecified atom stereocenters. The number of amides is 1. The molecule has 0 heterocycles. The molecule has 0 aliphatic carbocycles. The number of rotatable bonds is 8. The van der Waals surface area contributed by atoms with Crippen LogP contribution in [0.3, 0.4) is 0 Å². The molecule has 0 aliphatic heterocycles. The summed E-state index contributed by atoms with van der Waals surface area (Å²) in [4.78, 5) is 30.0. The largest absolute Gasteiger partial charge is 0.417 e. The fourth-order valence-electron chi connectivity index (χ4n) is 3.16. The Balaban J connectivity index is 1.89. The summed E-state index contributed by atoms with van der Waals surface area (Å²) in [7, 11) is 0. The van der Waals surface area contributed by atoms with Crippen LogP contribution in [-0.2, 0) is 12.1 Å². The van der Waals surface area contributed by atoms with Gasteiger partial charge in [-0.3, -0.25) is 14.6 Å². The Morgan fingerprint density at radius 3 is 2.53 bits per heavy atom. The number of nitrogens with one attached hydrogen (secondary N) is 2. The monoisotopic (exact) mass is 597 g/mol. The average Bonchev–Trinajstić information content (AvgIpc) is 2.85. The van der Waals surface area contributed by atoms with Gasteiger partial charge in [-0.2, -0.15) is 13.2 Å². The van der Waals surface area contributed by atoms with E-state index in [4.69, 9.17) is 28.6 Å². The van der Waals surface area contributed by atoms with Crippen LogP contribution in [0.1, 0.15) is 31.8 Å². The van der Waals surface area contributed by atoms with Gasteiger partial charge in [0.1, 0.15) is 0 Å². The number of hydrogen-bond donors (Lipinski definition) is 2. The third kappa shape index (κ3) is 6.81. The van der Waals surface area contributed by atoms with Crippen LogP contribution in [0.2, 0.25) is 5.02 Å². The van der Waals surface area contributed by atoms with Gasteiger partial charge in [-0.1, -0.05) is 39.7 Å². The molecule has 36 heavy (non-hydrogen) atoms. The van der Waals surface area contributed by atoms with Gasteiger partial charge in [0, 0.05) is 33.9 Å². The summed E-state index contributed by atoms with van der Waals surface area (Å²) in [6.07, 6.45) is -2.80. The predicted molar refractivity (Wildman–Crippen MR) is 139 cm³/mol. The molecule has 0 bridgehead atoms. The third-order valence-electron chi connectivity index (χ3n) is 4.96. The van der Waals surface area contributed by atoms with Crippen LogP contribution in [-0.4, -0.2) is 24.1 Å². The third-order valence-corrected chi connectivity index (χ3v) is 6.09. The van der Waals surface area contributed by atoms with E-state index in [2.05, 4.69) is 26.2 Å². The highest BCUT2D eigenvalue weighted by Crippen LogP contribution is 2.36. The molecule has 0 radical (unpaired) electrons. The van der Waals surface area contributed by atoms with Crippen LogP contribution >= 0.6 is 39.1 Å². The van der Waals surface area contributed by atoms with Crippen molar-refractivity contribution in [1.29, 1.82) is 5.41 Å². The van der Waals surface area contributed by atoms with E-state index in [0.717, 1.165) is 30.1 Å². The van der Waals surface area contributed by atoms with Crippen molar-refractivity contribution in [1.82, 2.24) is 0 Å². The fraction of sp³-hybridized carbons (Fsp3) is 0.120. The first-order valence-electron chi connectivity index (χ1n) is 10.2. The summed E-state index contributed by atoms with van der Waals surface area (Å²) in [6, 6.07) is 14.4. The second-order valence-electron chi connectivity index (χ2n) is 7.47. The van der Waals surface area contributed by atoms with Crippen molar-refractivity contribution >= 4 is 74.6 Å². The number of ketones is 1. The van der Waals surface area contributed by atoms with Gasteiger partial charge in [0.2, 0.25) is 0 Å². The minimum Gasteiger partial charge on any atom is -0.321 e. The molecule has 11 heteroatoms. The smallest absolute Gasteiger partial charge is 0.321 e. The summed E-state index contributed by atoms with van der Waals surface area (Å²) >= 11 is 14.7. The summed E-state index contributed by atoms with van der Waals surface area (Å²) < 4.78 is 39.9. The van der Waals surface area contributed by atoms with Crippen molar-refractivity contribution in [2.75, 3.05) is 5.32 Å². The molecule has 0 saturated carbocycles. The number of carbonyl (C=O) groups is 2. The molecule has 2 N–H and O–H groups in total. The van der Waals surface area contributed by atoms with Crippen molar-refractivity contribution in [2.24, 2.45) is 10.9 Å². The molecule has 3 rings (SSSR count). The Labute approximate surface area is 223 Å². The standard InChI is InChI=1S/C25H17BrCl2F3N3O2/c26-17-4-7-22(34-24(36)15-3-1-2-14(8-15)11-27)19(9-17)23(35)16(12-32)13-33-18-5-6-21(28)20(10-18)25(29,30)31/h1-10,12-13,16,32H,11H2,(H,34,36). The van der Waals surface area contributed by atoms with E-state index in [0.29, 0.717) is 10.0 Å². The highest BCUT2D eigenvalue weighted by Gasteiger charge is 2.33. The molecular formula is C25H17BrCl2F3N3O2. The molecule has 0 aromatic heterocycles. The van der Waals surface area contributed by atoms with E-state index >= 15 is 0 Å². The second kappa shape index (κ2) is 11.8. The number of aliphatic imine (C=N–C) groups is 1. The van der Waals surface area contributed by atoms with E-state index in [9.17, 15) is 22.8 Å². The lowest BCUT2D eigenvalue weighted by Gasteiger charge is -2.14. The number of Topliss-reactive ketones (excluding diaryl/α,β-unsaturated/α-hetero) is 1. The molecule has 3 aromatic rings. The molecule has 0 saturated heterocycles. The van der Waals surface area contributed by atoms with E-state index in [1.54, 1.807) is 30.3 Å². The number of hydrogen-bond acceptors (Lipinski definition) is 4. The van der Waals surface area contributed by atoms with Crippen molar-refractivity contribution in [3.8, 4) is 0 Å². The summed E-state index contributed by atoms with van der Waals surface area (Å²) in [5.41, 5.74) is 0.198. The lowest BCUT2D eigenvalue weighted by molar-refractivity contribution is -0.137. The summed E-state index contributed by atoms with van der Waals surface area (Å²) in [6.45, 7) is 0. The molecule has 0 spiro atoms. The zero-order valence-corrected chi connectivity index (χ0v) is 21.3. The topological polar surface area (TPSA) is 82.4 Å². The van der Waals surface area contributed by atoms with Crippen molar-refractivity contribution in [2.45, 2.75) is 12.1 Å². The number of carbonyl (C=O) groups excluding carboxylic acids is 2. The van der Waals surface area contributed by atoms with E-state index in [-0.39, 0.29) is 22.8 Å². The normalized spacial score (nSPS) is 12.4. The maximum atomic E-state index is 13.2. The zero-order valence-electron chi connectivity index (χ0n) is 18.2. The number of anilines is 1. The van der Waals surface area contributed by atoms with Gasteiger partial charge in [0.05, 0.1) is 27.9 Å². The zero-order chi connectivity index (χ0) is 26.5. The van der Waals surface area contributed by atoms with Crippen LogP contribution < -0.4 is 5.32 Å². The molecular weight excluding hydrogens is 582 g/mol. The summed E-state index contributed by atoms with van der Waals surface area (Å²) in [5, 5.41) is 9.88. The number of alkyl halides is 4. The molecule has 5 nitrogen and oxygen atoms in total. The SMILES string of the molecule is N=CC(C=Nc1ccc(Cl)c(C(F)(F)F)c1)C(=O)c1cc(Br)ccc1NC(=O)c1cccc(CCl)c1. The first kappa shape index (κ1) is 27.6. The molecule has 1 amide bonds. The first-order valence-corrected chi connectivity index (χ1v) is 12.0. The van der Waals surface area contributed by atoms with Gasteiger partial charge >= 0.3 is 6.18 Å². The predicted octanol–water partition coefficient (Wildman–Crippen LogP) is 7.96. The van der Waals surface area contributed by atoms with Crippen LogP contribution in [0.5, 0.6) is 0 Å². The summed E-state index contributed by atoms with van der Waals surface area (Å²) in [5.74, 6) is -2.05. The number of nitrogens with zero attached hydrogens (tertiary/aromatic N) is 1. The Morgan fingerprint density at radius 2 is 1.86 bits per heavy atom. The number of halogens is 6. The van der Waals surface area contributed by atoms with Gasteiger partial charge in [0.15, 0.2) is 5.78 Å². The van der Waals surface area contributed by atoms with Gasteiger partial charge in [-0.15, -0.1) is 11.6 Å². The maximum absolute atomic E-state index is 13.2. The first-order chi connectivity index (χ1) is 17.0. The van der Waals surface area contributed by atoms with Crippen molar-refractivity contribution < 1.29 is 22.8 Å². The van der Waals surface area contributed by atoms with E-state index < -0.39 is 34.4 Å². The minimum atomic E-state index is -4.67. The molecule has 0 aliphatic rings. The van der Waals surface area contributed by atoms with Gasteiger partial charge in [-0.05, 0) is 54.1 Å². The fourth-order valence-corrected chi connectivity index (χ4v) is 3.91. The van der Waals surface area contributed by atoms with Crippen molar-refractivity contribution in [3.05, 3.63) is 92.4 Å². The van der Waals surface area contributed by atoms with Crippen LogP contribution in [0, 0.1) is 11.3 Å². The van der Waals surface area contributed by atoms with Gasteiger partial charge in [0.25, 0.3) is 5.91 Å². The highest BCUT2D eigenvalue weighted by atomic mass is 79.9. The maximum Gasteiger partial charge on any atom is 0.417 e. The number of benzene rings is 3. The lowest BCUT2D eigenvalue weighted by atomic mass is 9.97. The minimum absolute atomic E-state index is 0.0817.